The molecular weight excluding hydrogens is 340 g/mol. The smallest absolute Gasteiger partial charge is 0.213 e. The summed E-state index contributed by atoms with van der Waals surface area (Å²) in [7, 11) is -3.09. The van der Waals surface area contributed by atoms with Gasteiger partial charge in [0.25, 0.3) is 0 Å². The third-order valence-electron chi connectivity index (χ3n) is 5.56. The zero-order valence-corrected chi connectivity index (χ0v) is 15.7. The fourth-order valence-electron chi connectivity index (χ4n) is 3.97. The van der Waals surface area contributed by atoms with Crippen LogP contribution < -0.4 is 0 Å². The zero-order valence-electron chi connectivity index (χ0n) is 14.9. The molecule has 1 aromatic heterocycles. The first-order chi connectivity index (χ1) is 12.1. The number of ether oxygens (including phenoxy) is 2. The Morgan fingerprint density at radius 3 is 2.72 bits per heavy atom. The van der Waals surface area contributed by atoms with Gasteiger partial charge < -0.3 is 9.47 Å². The number of pyridine rings is 1. The predicted octanol–water partition coefficient (Wildman–Crippen LogP) is 2.21. The van der Waals surface area contributed by atoms with Crippen molar-refractivity contribution < 1.29 is 17.9 Å². The van der Waals surface area contributed by atoms with E-state index in [9.17, 15) is 8.42 Å². The lowest BCUT2D eigenvalue weighted by atomic mass is 9.78. The normalized spacial score (nSPS) is 24.0. The maximum absolute atomic E-state index is 12.0. The van der Waals surface area contributed by atoms with Crippen LogP contribution in [-0.2, 0) is 26.1 Å². The highest BCUT2D eigenvalue weighted by Gasteiger charge is 2.47. The lowest BCUT2D eigenvalue weighted by Gasteiger charge is -2.41. The summed E-state index contributed by atoms with van der Waals surface area (Å²) >= 11 is 0. The number of nitrogens with zero attached hydrogens (tertiary/aromatic N) is 2. The largest absolute Gasteiger partial charge is 0.377 e. The van der Waals surface area contributed by atoms with E-state index in [1.54, 1.807) is 23.6 Å². The van der Waals surface area contributed by atoms with E-state index in [1.165, 1.54) is 0 Å². The Bertz CT molecular complexity index is 642. The molecule has 2 aliphatic heterocycles. The predicted molar refractivity (Wildman–Crippen MR) is 95.6 cm³/mol. The summed E-state index contributed by atoms with van der Waals surface area (Å²) < 4.78 is 37.7. The number of hydrogen-bond acceptors (Lipinski definition) is 5. The Kier molecular flexibility index (Phi) is 6.09. The molecule has 0 aromatic carbocycles. The highest BCUT2D eigenvalue weighted by Crippen LogP contribution is 2.42. The van der Waals surface area contributed by atoms with Gasteiger partial charge in [-0.15, -0.1) is 0 Å². The van der Waals surface area contributed by atoms with E-state index in [0.29, 0.717) is 32.2 Å². The van der Waals surface area contributed by atoms with Crippen LogP contribution in [0.3, 0.4) is 0 Å². The SMILES string of the molecule is CCS(=O)(=O)N1CCC2(CC1)OCC[C@H]2CCOCc1ccncc1. The average molecular weight is 368 g/mol. The minimum atomic E-state index is -3.09. The summed E-state index contributed by atoms with van der Waals surface area (Å²) in [6.07, 6.45) is 7.14. The highest BCUT2D eigenvalue weighted by molar-refractivity contribution is 7.89. The summed E-state index contributed by atoms with van der Waals surface area (Å²) in [5.41, 5.74) is 0.977. The number of hydrogen-bond donors (Lipinski definition) is 0. The summed E-state index contributed by atoms with van der Waals surface area (Å²) in [4.78, 5) is 4.00. The molecule has 3 heterocycles. The van der Waals surface area contributed by atoms with Gasteiger partial charge in [0.05, 0.1) is 18.0 Å². The maximum atomic E-state index is 12.0. The molecule has 0 bridgehead atoms. The van der Waals surface area contributed by atoms with Crippen LogP contribution in [0.15, 0.2) is 24.5 Å². The average Bonchev–Trinajstić information content (AvgIpc) is 3.02. The van der Waals surface area contributed by atoms with E-state index >= 15 is 0 Å². The Morgan fingerprint density at radius 1 is 1.32 bits per heavy atom. The molecular formula is C18H28N2O4S. The molecule has 1 spiro atoms. The fraction of sp³-hybridized carbons (Fsp3) is 0.722. The maximum Gasteiger partial charge on any atom is 0.213 e. The van der Waals surface area contributed by atoms with E-state index in [4.69, 9.17) is 9.47 Å². The molecule has 0 amide bonds. The molecule has 2 saturated heterocycles. The standard InChI is InChI=1S/C18H28N2O4S/c1-2-25(21,22)20-11-7-18(8-12-20)17(6-14-24-18)5-13-23-15-16-3-9-19-10-4-16/h3-4,9-10,17H,2,5-8,11-15H2,1H3/t17-/m1/s1. The molecule has 1 aromatic rings. The zero-order chi connectivity index (χ0) is 17.8. The number of sulfonamides is 1. The van der Waals surface area contributed by atoms with Crippen LogP contribution in [0.5, 0.6) is 0 Å². The van der Waals surface area contributed by atoms with Gasteiger partial charge in [-0.05, 0) is 56.2 Å². The molecule has 7 heteroatoms. The van der Waals surface area contributed by atoms with Gasteiger partial charge in [0.1, 0.15) is 0 Å². The molecule has 25 heavy (non-hydrogen) atoms. The first-order valence-electron chi connectivity index (χ1n) is 9.14. The molecule has 2 aliphatic rings. The van der Waals surface area contributed by atoms with Gasteiger partial charge in [-0.25, -0.2) is 12.7 Å². The van der Waals surface area contributed by atoms with E-state index in [1.807, 2.05) is 12.1 Å². The molecule has 0 saturated carbocycles. The first kappa shape index (κ1) is 18.8. The Balaban J connectivity index is 1.48. The molecule has 3 rings (SSSR count). The lowest BCUT2D eigenvalue weighted by molar-refractivity contribution is -0.0618. The third-order valence-corrected chi connectivity index (χ3v) is 7.44. The number of aromatic nitrogens is 1. The van der Waals surface area contributed by atoms with Gasteiger partial charge >= 0.3 is 0 Å². The van der Waals surface area contributed by atoms with Crippen molar-refractivity contribution in [1.29, 1.82) is 0 Å². The molecule has 2 fully saturated rings. The lowest BCUT2D eigenvalue weighted by Crippen LogP contribution is -2.49. The Hall–Kier alpha value is -1.02. The topological polar surface area (TPSA) is 68.7 Å². The van der Waals surface area contributed by atoms with Crippen LogP contribution in [0.4, 0.5) is 0 Å². The van der Waals surface area contributed by atoms with Gasteiger partial charge in [0.2, 0.25) is 10.0 Å². The summed E-state index contributed by atoms with van der Waals surface area (Å²) in [6.45, 7) is 4.93. The third kappa shape index (κ3) is 4.39. The number of piperidine rings is 1. The van der Waals surface area contributed by atoms with Crippen molar-refractivity contribution in [3.8, 4) is 0 Å². The van der Waals surface area contributed by atoms with Crippen LogP contribution in [0.25, 0.3) is 0 Å². The molecule has 0 N–H and O–H groups in total. The fourth-order valence-corrected chi connectivity index (χ4v) is 5.07. The second kappa shape index (κ2) is 8.12. The summed E-state index contributed by atoms with van der Waals surface area (Å²) in [5, 5.41) is 0. The van der Waals surface area contributed by atoms with Gasteiger partial charge in [0.15, 0.2) is 0 Å². The number of rotatable bonds is 7. The second-order valence-electron chi connectivity index (χ2n) is 6.90. The molecule has 6 nitrogen and oxygen atoms in total. The van der Waals surface area contributed by atoms with Gasteiger partial charge in [-0.1, -0.05) is 0 Å². The first-order valence-corrected chi connectivity index (χ1v) is 10.7. The molecule has 0 aliphatic carbocycles. The van der Waals surface area contributed by atoms with Crippen LogP contribution in [0.1, 0.15) is 38.2 Å². The monoisotopic (exact) mass is 368 g/mol. The van der Waals surface area contributed by atoms with Crippen LogP contribution >= 0.6 is 0 Å². The van der Waals surface area contributed by atoms with Crippen LogP contribution in [0.2, 0.25) is 0 Å². The van der Waals surface area contributed by atoms with E-state index in [-0.39, 0.29) is 11.4 Å². The van der Waals surface area contributed by atoms with Crippen LogP contribution in [0, 0.1) is 5.92 Å². The summed E-state index contributed by atoms with van der Waals surface area (Å²) in [6, 6.07) is 3.92. The molecule has 0 unspecified atom stereocenters. The highest BCUT2D eigenvalue weighted by atomic mass is 32.2. The van der Waals surface area contributed by atoms with Crippen molar-refractivity contribution in [1.82, 2.24) is 9.29 Å². The van der Waals surface area contributed by atoms with Crippen molar-refractivity contribution in [2.75, 3.05) is 32.1 Å². The second-order valence-corrected chi connectivity index (χ2v) is 9.15. The molecule has 0 radical (unpaired) electrons. The Morgan fingerprint density at radius 2 is 2.04 bits per heavy atom. The van der Waals surface area contributed by atoms with Crippen LogP contribution in [-0.4, -0.2) is 55.4 Å². The van der Waals surface area contributed by atoms with E-state index in [0.717, 1.165) is 37.9 Å². The minimum Gasteiger partial charge on any atom is -0.377 e. The van der Waals surface area contributed by atoms with E-state index in [2.05, 4.69) is 4.98 Å². The quantitative estimate of drug-likeness (QED) is 0.690. The molecule has 140 valence electrons. The molecule has 1 atom stereocenters. The van der Waals surface area contributed by atoms with Crippen molar-refractivity contribution >= 4 is 10.0 Å². The van der Waals surface area contributed by atoms with Gasteiger partial charge in [-0.3, -0.25) is 4.98 Å². The van der Waals surface area contributed by atoms with Crippen molar-refractivity contribution in [3.05, 3.63) is 30.1 Å². The van der Waals surface area contributed by atoms with Crippen molar-refractivity contribution in [2.45, 2.75) is 44.8 Å². The van der Waals surface area contributed by atoms with Crippen molar-refractivity contribution in [3.63, 3.8) is 0 Å². The van der Waals surface area contributed by atoms with E-state index < -0.39 is 10.0 Å². The van der Waals surface area contributed by atoms with Crippen molar-refractivity contribution in [2.24, 2.45) is 5.92 Å². The summed E-state index contributed by atoms with van der Waals surface area (Å²) in [5.74, 6) is 0.629. The van der Waals surface area contributed by atoms with Gasteiger partial charge in [0, 0.05) is 38.7 Å². The van der Waals surface area contributed by atoms with Gasteiger partial charge in [-0.2, -0.15) is 0 Å². The Labute approximate surface area is 150 Å². The minimum absolute atomic E-state index is 0.153.